The Morgan fingerprint density at radius 2 is 0.641 bits per heavy atom. The van der Waals surface area contributed by atoms with Gasteiger partial charge in [0.1, 0.15) is 0 Å². The van der Waals surface area contributed by atoms with E-state index in [1.165, 1.54) is 321 Å². The lowest BCUT2D eigenvalue weighted by molar-refractivity contribution is -0.143. The average Bonchev–Trinajstić information content (AvgIpc) is 3.44. The molecule has 1 amide bonds. The Morgan fingerprint density at radius 1 is 0.359 bits per heavy atom. The fraction of sp³-hybridized carbons (Fsp3) is 0.917. The highest BCUT2D eigenvalue weighted by molar-refractivity contribution is 5.76. The molecule has 0 aromatic rings. The van der Waals surface area contributed by atoms with Gasteiger partial charge in [0.05, 0.1) is 25.4 Å². The Labute approximate surface area is 488 Å². The number of carbonyl (C=O) groups excluding carboxylic acids is 2. The predicted octanol–water partition coefficient (Wildman–Crippen LogP) is 22.9. The molecule has 0 aliphatic rings. The van der Waals surface area contributed by atoms with Gasteiger partial charge in [-0.2, -0.15) is 0 Å². The molecule has 6 heteroatoms. The molecule has 0 saturated heterocycles. The topological polar surface area (TPSA) is 95.9 Å². The second-order valence-electron chi connectivity index (χ2n) is 24.6. The van der Waals surface area contributed by atoms with E-state index < -0.39 is 12.1 Å². The van der Waals surface area contributed by atoms with Gasteiger partial charge in [-0.15, -0.1) is 0 Å². The lowest BCUT2D eigenvalue weighted by Crippen LogP contribution is -2.45. The van der Waals surface area contributed by atoms with Crippen molar-refractivity contribution >= 4 is 11.9 Å². The number of esters is 1. The highest BCUT2D eigenvalue weighted by Gasteiger charge is 2.20. The van der Waals surface area contributed by atoms with Crippen molar-refractivity contribution in [2.75, 3.05) is 13.2 Å². The summed E-state index contributed by atoms with van der Waals surface area (Å²) >= 11 is 0. The van der Waals surface area contributed by atoms with Crippen molar-refractivity contribution in [3.05, 3.63) is 24.3 Å². The Morgan fingerprint density at radius 3 is 0.974 bits per heavy atom. The molecule has 0 saturated carbocycles. The number of hydrogen-bond donors (Lipinski definition) is 3. The van der Waals surface area contributed by atoms with E-state index in [1.807, 2.05) is 0 Å². The monoisotopic (exact) mass is 1100 g/mol. The molecule has 2 atom stereocenters. The Kier molecular flexibility index (Phi) is 66.4. The van der Waals surface area contributed by atoms with Crippen LogP contribution in [0.4, 0.5) is 0 Å². The summed E-state index contributed by atoms with van der Waals surface area (Å²) < 4.78 is 5.50. The van der Waals surface area contributed by atoms with E-state index >= 15 is 0 Å². The summed E-state index contributed by atoms with van der Waals surface area (Å²) in [4.78, 5) is 24.6. The van der Waals surface area contributed by atoms with Crippen molar-refractivity contribution in [2.24, 2.45) is 0 Å². The molecule has 0 radical (unpaired) electrons. The van der Waals surface area contributed by atoms with E-state index in [0.717, 1.165) is 44.9 Å². The summed E-state index contributed by atoms with van der Waals surface area (Å²) in [6.45, 7) is 4.99. The van der Waals surface area contributed by atoms with E-state index in [2.05, 4.69) is 43.5 Å². The number of unbranched alkanes of at least 4 members (excludes halogenated alkanes) is 52. The zero-order valence-corrected chi connectivity index (χ0v) is 52.9. The van der Waals surface area contributed by atoms with Crippen LogP contribution in [0.2, 0.25) is 0 Å². The molecule has 0 aromatic heterocycles. The second-order valence-corrected chi connectivity index (χ2v) is 24.6. The van der Waals surface area contributed by atoms with Gasteiger partial charge in [-0.05, 0) is 57.8 Å². The largest absolute Gasteiger partial charge is 0.466 e. The van der Waals surface area contributed by atoms with Gasteiger partial charge in [-0.3, -0.25) is 9.59 Å². The number of allylic oxidation sites excluding steroid dienone is 4. The lowest BCUT2D eigenvalue weighted by atomic mass is 10.0. The maximum absolute atomic E-state index is 12.5. The van der Waals surface area contributed by atoms with Gasteiger partial charge in [-0.25, -0.2) is 0 Å². The molecule has 2 unspecified atom stereocenters. The van der Waals surface area contributed by atoms with Gasteiger partial charge in [0.2, 0.25) is 5.91 Å². The molecule has 78 heavy (non-hydrogen) atoms. The minimum absolute atomic E-state index is 0.0143. The summed E-state index contributed by atoms with van der Waals surface area (Å²) in [5.41, 5.74) is 0. The van der Waals surface area contributed by atoms with Crippen LogP contribution in [0, 0.1) is 0 Å². The first-order valence-corrected chi connectivity index (χ1v) is 35.6. The van der Waals surface area contributed by atoms with Gasteiger partial charge < -0.3 is 20.3 Å². The predicted molar refractivity (Wildman–Crippen MR) is 343 cm³/mol. The minimum Gasteiger partial charge on any atom is -0.466 e. The molecule has 0 fully saturated rings. The highest BCUT2D eigenvalue weighted by atomic mass is 16.5. The zero-order chi connectivity index (χ0) is 56.4. The highest BCUT2D eigenvalue weighted by Crippen LogP contribution is 2.19. The van der Waals surface area contributed by atoms with Crippen LogP contribution in [0.25, 0.3) is 0 Å². The van der Waals surface area contributed by atoms with E-state index in [0.29, 0.717) is 25.9 Å². The van der Waals surface area contributed by atoms with E-state index in [9.17, 15) is 19.8 Å². The van der Waals surface area contributed by atoms with Gasteiger partial charge in [0, 0.05) is 12.8 Å². The second kappa shape index (κ2) is 67.8. The molecule has 0 heterocycles. The number of amides is 1. The summed E-state index contributed by atoms with van der Waals surface area (Å²) in [5, 5.41) is 23.4. The Balaban J connectivity index is 3.41. The maximum atomic E-state index is 12.5. The Hall–Kier alpha value is -1.66. The Bertz CT molecular complexity index is 1220. The molecule has 0 aliphatic heterocycles. The van der Waals surface area contributed by atoms with Crippen molar-refractivity contribution in [1.82, 2.24) is 5.32 Å². The molecule has 0 bridgehead atoms. The van der Waals surface area contributed by atoms with Crippen LogP contribution in [0.3, 0.4) is 0 Å². The first-order chi connectivity index (χ1) is 38.5. The molecule has 6 nitrogen and oxygen atoms in total. The standard InChI is InChI=1S/C72H139NO5/c1-3-5-7-9-11-13-15-17-19-21-32-36-40-44-48-52-56-60-64-70(75)69(68-74)73-71(76)65-61-57-53-49-45-41-37-33-30-28-26-24-23-25-27-29-31-35-39-43-47-51-55-59-63-67-78-72(77)66-62-58-54-50-46-42-38-34-22-20-18-16-14-12-10-8-6-4-2/h24-27,69-70,74-75H,3-23,28-68H2,1-2H3,(H,73,76)/b26-24-,27-25-. The maximum Gasteiger partial charge on any atom is 0.305 e. The normalized spacial score (nSPS) is 12.6. The molecule has 0 spiro atoms. The van der Waals surface area contributed by atoms with Crippen LogP contribution in [-0.2, 0) is 14.3 Å². The number of aliphatic hydroxyl groups excluding tert-OH is 2. The fourth-order valence-corrected chi connectivity index (χ4v) is 11.3. The molecule has 3 N–H and O–H groups in total. The van der Waals surface area contributed by atoms with Crippen molar-refractivity contribution in [3.8, 4) is 0 Å². The third-order valence-corrected chi connectivity index (χ3v) is 16.8. The van der Waals surface area contributed by atoms with E-state index in [-0.39, 0.29) is 18.5 Å². The quantitative estimate of drug-likeness (QED) is 0.0320. The number of rotatable bonds is 67. The first kappa shape index (κ1) is 76.3. The number of hydrogen-bond acceptors (Lipinski definition) is 5. The summed E-state index contributed by atoms with van der Waals surface area (Å²) in [6.07, 6.45) is 85.1. The minimum atomic E-state index is -0.669. The van der Waals surface area contributed by atoms with Gasteiger partial charge >= 0.3 is 5.97 Å². The third-order valence-electron chi connectivity index (χ3n) is 16.8. The van der Waals surface area contributed by atoms with Crippen molar-refractivity contribution < 1.29 is 24.5 Å². The van der Waals surface area contributed by atoms with E-state index in [4.69, 9.17) is 4.74 Å². The van der Waals surface area contributed by atoms with Gasteiger partial charge in [-0.1, -0.05) is 353 Å². The summed E-state index contributed by atoms with van der Waals surface area (Å²) in [6, 6.07) is -0.547. The molecule has 0 rings (SSSR count). The van der Waals surface area contributed by atoms with Crippen LogP contribution in [0.15, 0.2) is 24.3 Å². The molecule has 0 aromatic carbocycles. The third kappa shape index (κ3) is 63.5. The molecule has 0 aliphatic carbocycles. The van der Waals surface area contributed by atoms with Crippen molar-refractivity contribution in [3.63, 3.8) is 0 Å². The van der Waals surface area contributed by atoms with Crippen LogP contribution >= 0.6 is 0 Å². The fourth-order valence-electron chi connectivity index (χ4n) is 11.3. The smallest absolute Gasteiger partial charge is 0.305 e. The first-order valence-electron chi connectivity index (χ1n) is 35.6. The number of aliphatic hydroxyl groups is 2. The molecular formula is C72H139NO5. The number of ether oxygens (including phenoxy) is 1. The van der Waals surface area contributed by atoms with Crippen molar-refractivity contribution in [2.45, 2.75) is 411 Å². The average molecular weight is 1100 g/mol. The number of nitrogens with one attached hydrogen (secondary N) is 1. The summed E-state index contributed by atoms with van der Waals surface area (Å²) in [5.74, 6) is -0.0232. The van der Waals surface area contributed by atoms with E-state index in [1.54, 1.807) is 0 Å². The number of carbonyl (C=O) groups is 2. The van der Waals surface area contributed by atoms with Crippen molar-refractivity contribution in [1.29, 1.82) is 0 Å². The van der Waals surface area contributed by atoms with Gasteiger partial charge in [0.15, 0.2) is 0 Å². The summed E-state index contributed by atoms with van der Waals surface area (Å²) in [7, 11) is 0. The molecular weight excluding hydrogens is 959 g/mol. The molecule has 462 valence electrons. The van der Waals surface area contributed by atoms with Gasteiger partial charge in [0.25, 0.3) is 0 Å². The lowest BCUT2D eigenvalue weighted by Gasteiger charge is -2.22. The van der Waals surface area contributed by atoms with Crippen LogP contribution in [0.5, 0.6) is 0 Å². The zero-order valence-electron chi connectivity index (χ0n) is 52.9. The van der Waals surface area contributed by atoms with Crippen LogP contribution in [-0.4, -0.2) is 47.4 Å². The van der Waals surface area contributed by atoms with Crippen LogP contribution in [0.1, 0.15) is 399 Å². The van der Waals surface area contributed by atoms with Crippen LogP contribution < -0.4 is 5.32 Å². The SMILES string of the molecule is CCCCCCCCCCCCCCCCCCCCC(=O)OCCCCCCCCCCC/C=C\C/C=C\CCCCCCCCCCCC(=O)NC(CO)C(O)CCCCCCCCCCCCCCCCCCCC.